The minimum absolute atomic E-state index is 0.748. The highest BCUT2D eigenvalue weighted by Gasteiger charge is 2.07. The first-order valence-electron chi connectivity index (χ1n) is 7.00. The van der Waals surface area contributed by atoms with Crippen molar-refractivity contribution >= 4 is 23.3 Å². The molecule has 1 aromatic heterocycles. The first-order valence-corrected chi connectivity index (χ1v) is 7.41. The van der Waals surface area contributed by atoms with Crippen LogP contribution in [-0.4, -0.2) is 9.55 Å². The fourth-order valence-electron chi connectivity index (χ4n) is 2.63. The van der Waals surface area contributed by atoms with Crippen molar-refractivity contribution in [3.63, 3.8) is 0 Å². The number of aromatic amines is 1. The van der Waals surface area contributed by atoms with Crippen molar-refractivity contribution in [2.75, 3.05) is 0 Å². The number of aromatic nitrogens is 2. The Morgan fingerprint density at radius 1 is 1.10 bits per heavy atom. The molecule has 2 nitrogen and oxygen atoms in total. The molecular weight excluding hydrogens is 264 g/mol. The molecule has 0 unspecified atom stereocenters. The zero-order chi connectivity index (χ0) is 14.1. The molecule has 1 N–H and O–H groups in total. The highest BCUT2D eigenvalue weighted by molar-refractivity contribution is 7.71. The van der Waals surface area contributed by atoms with Crippen molar-refractivity contribution in [2.45, 2.75) is 26.7 Å². The van der Waals surface area contributed by atoms with Gasteiger partial charge in [-0.3, -0.25) is 4.57 Å². The van der Waals surface area contributed by atoms with Gasteiger partial charge in [-0.05, 0) is 54.9 Å². The third-order valence-electron chi connectivity index (χ3n) is 3.66. The second kappa shape index (κ2) is 5.25. The fourth-order valence-corrected chi connectivity index (χ4v) is 2.94. The number of imidazole rings is 1. The highest BCUT2D eigenvalue weighted by atomic mass is 32.1. The number of fused-ring (bicyclic) bond motifs is 1. The Balaban J connectivity index is 2.16. The van der Waals surface area contributed by atoms with Crippen LogP contribution >= 0.6 is 12.2 Å². The van der Waals surface area contributed by atoms with Gasteiger partial charge in [0.2, 0.25) is 0 Å². The number of H-pyrrole nitrogens is 1. The van der Waals surface area contributed by atoms with E-state index < -0.39 is 0 Å². The van der Waals surface area contributed by atoms with Gasteiger partial charge in [-0.2, -0.15) is 0 Å². The van der Waals surface area contributed by atoms with Gasteiger partial charge in [0.15, 0.2) is 4.77 Å². The van der Waals surface area contributed by atoms with Crippen LogP contribution in [0.3, 0.4) is 0 Å². The van der Waals surface area contributed by atoms with E-state index in [1.54, 1.807) is 0 Å². The van der Waals surface area contributed by atoms with E-state index in [0.29, 0.717) is 0 Å². The van der Waals surface area contributed by atoms with Crippen LogP contribution in [0.1, 0.15) is 24.5 Å². The van der Waals surface area contributed by atoms with Crippen molar-refractivity contribution in [1.29, 1.82) is 0 Å². The van der Waals surface area contributed by atoms with Crippen LogP contribution in [0, 0.1) is 11.7 Å². The molecule has 0 fully saturated rings. The van der Waals surface area contributed by atoms with Gasteiger partial charge in [-0.25, -0.2) is 0 Å². The number of hydrogen-bond donors (Lipinski definition) is 1. The summed E-state index contributed by atoms with van der Waals surface area (Å²) in [4.78, 5) is 3.31. The second-order valence-electron chi connectivity index (χ2n) is 5.15. The number of benzene rings is 2. The monoisotopic (exact) mass is 282 g/mol. The molecule has 102 valence electrons. The molecular formula is C17H18N2S. The Bertz CT molecular complexity index is 794. The van der Waals surface area contributed by atoms with Crippen LogP contribution in [0.25, 0.3) is 16.7 Å². The molecule has 0 aliphatic carbocycles. The first kappa shape index (κ1) is 13.1. The smallest absolute Gasteiger partial charge is 0.182 e. The average Bonchev–Trinajstić information content (AvgIpc) is 2.78. The van der Waals surface area contributed by atoms with Gasteiger partial charge >= 0.3 is 0 Å². The number of nitrogens with one attached hydrogen (secondary N) is 1. The average molecular weight is 282 g/mol. The predicted octanol–water partition coefficient (Wildman–Crippen LogP) is 4.95. The maximum absolute atomic E-state index is 5.49. The summed E-state index contributed by atoms with van der Waals surface area (Å²) in [6, 6.07) is 15.0. The van der Waals surface area contributed by atoms with Gasteiger partial charge < -0.3 is 4.98 Å². The molecule has 0 saturated carbocycles. The number of para-hydroxylation sites is 1. The molecule has 3 rings (SSSR count). The summed E-state index contributed by atoms with van der Waals surface area (Å²) >= 11 is 5.49. The number of rotatable bonds is 3. The van der Waals surface area contributed by atoms with E-state index in [0.717, 1.165) is 27.9 Å². The predicted molar refractivity (Wildman–Crippen MR) is 87.2 cm³/mol. The maximum atomic E-state index is 5.49. The summed E-state index contributed by atoms with van der Waals surface area (Å²) in [6.45, 7) is 4.30. The van der Waals surface area contributed by atoms with E-state index in [1.807, 2.05) is 0 Å². The van der Waals surface area contributed by atoms with Gasteiger partial charge in [0.1, 0.15) is 0 Å². The van der Waals surface area contributed by atoms with Crippen LogP contribution < -0.4 is 0 Å². The van der Waals surface area contributed by atoms with Crippen LogP contribution in [0.2, 0.25) is 0 Å². The third-order valence-corrected chi connectivity index (χ3v) is 3.94. The Kier molecular flexibility index (Phi) is 3.45. The zero-order valence-electron chi connectivity index (χ0n) is 11.8. The molecule has 3 aromatic rings. The Morgan fingerprint density at radius 2 is 1.85 bits per heavy atom. The lowest BCUT2D eigenvalue weighted by Crippen LogP contribution is -1.94. The molecule has 1 heterocycles. The summed E-state index contributed by atoms with van der Waals surface area (Å²) in [7, 11) is 0. The molecule has 0 aliphatic rings. The number of nitrogens with zero attached hydrogens (tertiary/aromatic N) is 1. The van der Waals surface area contributed by atoms with Crippen LogP contribution in [0.4, 0.5) is 0 Å². The SMILES string of the molecule is CCCc1ccc(-n2c(=S)[nH]c3c(C)cccc32)cc1. The molecule has 0 spiro atoms. The topological polar surface area (TPSA) is 20.7 Å². The van der Waals surface area contributed by atoms with Gasteiger partial charge in [-0.15, -0.1) is 0 Å². The Labute approximate surface area is 124 Å². The second-order valence-corrected chi connectivity index (χ2v) is 5.54. The summed E-state index contributed by atoms with van der Waals surface area (Å²) in [5.74, 6) is 0. The minimum Gasteiger partial charge on any atom is -0.330 e. The molecule has 0 amide bonds. The highest BCUT2D eigenvalue weighted by Crippen LogP contribution is 2.22. The van der Waals surface area contributed by atoms with Crippen LogP contribution in [-0.2, 0) is 6.42 Å². The molecule has 2 aromatic carbocycles. The van der Waals surface area contributed by atoms with E-state index in [9.17, 15) is 0 Å². The summed E-state index contributed by atoms with van der Waals surface area (Å²) in [5, 5.41) is 0. The zero-order valence-corrected chi connectivity index (χ0v) is 12.6. The van der Waals surface area contributed by atoms with Crippen LogP contribution in [0.15, 0.2) is 42.5 Å². The van der Waals surface area contributed by atoms with Crippen molar-refractivity contribution in [2.24, 2.45) is 0 Å². The van der Waals surface area contributed by atoms with Crippen molar-refractivity contribution in [1.82, 2.24) is 9.55 Å². The van der Waals surface area contributed by atoms with E-state index in [-0.39, 0.29) is 0 Å². The lowest BCUT2D eigenvalue weighted by molar-refractivity contribution is 0.920. The standard InChI is InChI=1S/C17H18N2S/c1-3-5-13-8-10-14(11-9-13)19-15-7-4-6-12(2)16(15)18-17(19)20/h4,6-11H,3,5H2,1-2H3,(H,18,20). The maximum Gasteiger partial charge on any atom is 0.182 e. The fraction of sp³-hybridized carbons (Fsp3) is 0.235. The van der Waals surface area contributed by atoms with Gasteiger partial charge in [0.05, 0.1) is 11.0 Å². The largest absolute Gasteiger partial charge is 0.330 e. The lowest BCUT2D eigenvalue weighted by Gasteiger charge is -2.06. The number of hydrogen-bond acceptors (Lipinski definition) is 1. The van der Waals surface area contributed by atoms with Crippen LogP contribution in [0.5, 0.6) is 0 Å². The van der Waals surface area contributed by atoms with Crippen molar-refractivity contribution in [3.05, 3.63) is 58.4 Å². The number of aryl methyl sites for hydroxylation is 2. The summed E-state index contributed by atoms with van der Waals surface area (Å²) < 4.78 is 2.85. The molecule has 0 saturated heterocycles. The lowest BCUT2D eigenvalue weighted by atomic mass is 10.1. The van der Waals surface area contributed by atoms with E-state index in [2.05, 4.69) is 65.9 Å². The van der Waals surface area contributed by atoms with Gasteiger partial charge in [0, 0.05) is 5.69 Å². The normalized spacial score (nSPS) is 11.1. The molecule has 0 aliphatic heterocycles. The quantitative estimate of drug-likeness (QED) is 0.674. The molecule has 3 heteroatoms. The Hall–Kier alpha value is -1.87. The summed E-state index contributed by atoms with van der Waals surface area (Å²) in [5.41, 5.74) is 5.97. The molecule has 20 heavy (non-hydrogen) atoms. The van der Waals surface area contributed by atoms with Gasteiger partial charge in [0.25, 0.3) is 0 Å². The molecule has 0 radical (unpaired) electrons. The van der Waals surface area contributed by atoms with E-state index in [1.165, 1.54) is 17.5 Å². The minimum atomic E-state index is 0.748. The molecule has 0 bridgehead atoms. The van der Waals surface area contributed by atoms with E-state index >= 15 is 0 Å². The molecule has 0 atom stereocenters. The van der Waals surface area contributed by atoms with Crippen molar-refractivity contribution in [3.8, 4) is 5.69 Å². The summed E-state index contributed by atoms with van der Waals surface area (Å²) in [6.07, 6.45) is 2.30. The van der Waals surface area contributed by atoms with Crippen molar-refractivity contribution < 1.29 is 0 Å². The van der Waals surface area contributed by atoms with E-state index in [4.69, 9.17) is 12.2 Å². The first-order chi connectivity index (χ1) is 9.70. The Morgan fingerprint density at radius 3 is 2.55 bits per heavy atom. The van der Waals surface area contributed by atoms with Gasteiger partial charge in [-0.1, -0.05) is 37.6 Å². The third kappa shape index (κ3) is 2.18.